The zero-order valence-electron chi connectivity index (χ0n) is 18.0. The van der Waals surface area contributed by atoms with E-state index in [0.29, 0.717) is 5.56 Å². The minimum Gasteiger partial charge on any atom is -0.459 e. The van der Waals surface area contributed by atoms with E-state index < -0.39 is 42.5 Å². The highest BCUT2D eigenvalue weighted by Gasteiger charge is 2.50. The summed E-state index contributed by atoms with van der Waals surface area (Å²) in [5.41, 5.74) is 0.838. The Hall–Kier alpha value is -4.01. The Morgan fingerprint density at radius 2 is 1.06 bits per heavy atom. The van der Waals surface area contributed by atoms with Gasteiger partial charge in [-0.1, -0.05) is 54.6 Å². The van der Waals surface area contributed by atoms with Gasteiger partial charge in [0.25, 0.3) is 0 Å². The lowest BCUT2D eigenvalue weighted by Gasteiger charge is -2.23. The predicted molar refractivity (Wildman–Crippen MR) is 119 cm³/mol. The molecule has 1 aliphatic rings. The van der Waals surface area contributed by atoms with Crippen molar-refractivity contribution in [2.24, 2.45) is 0 Å². The summed E-state index contributed by atoms with van der Waals surface area (Å²) in [6.07, 6.45) is -5.22. The number of hydrogen-bond acceptors (Lipinski definition) is 8. The Bertz CT molecular complexity index is 1120. The molecule has 0 spiro atoms. The van der Waals surface area contributed by atoms with Crippen LogP contribution >= 0.6 is 0 Å². The summed E-state index contributed by atoms with van der Waals surface area (Å²) in [5.74, 6) is -2.05. The third-order valence-corrected chi connectivity index (χ3v) is 5.18. The predicted octanol–water partition coefficient (Wildman–Crippen LogP) is 3.01. The average molecular weight is 462 g/mol. The van der Waals surface area contributed by atoms with Crippen molar-refractivity contribution in [1.29, 1.82) is 0 Å². The first-order valence-corrected chi connectivity index (χ1v) is 10.6. The van der Waals surface area contributed by atoms with Gasteiger partial charge in [-0.2, -0.15) is 0 Å². The molecule has 0 saturated carbocycles. The molecule has 0 aliphatic carbocycles. The zero-order chi connectivity index (χ0) is 23.9. The second-order valence-electron chi connectivity index (χ2n) is 7.50. The van der Waals surface area contributed by atoms with Gasteiger partial charge in [-0.3, -0.25) is 0 Å². The number of aliphatic hydroxyl groups is 1. The van der Waals surface area contributed by atoms with E-state index in [4.69, 9.17) is 18.9 Å². The molecule has 1 N–H and O–H groups in total. The number of aliphatic hydroxyl groups excluding tert-OH is 1. The Morgan fingerprint density at radius 1 is 0.647 bits per heavy atom. The molecule has 0 unspecified atom stereocenters. The Labute approximate surface area is 195 Å². The summed E-state index contributed by atoms with van der Waals surface area (Å²) in [7, 11) is 0. The van der Waals surface area contributed by atoms with Gasteiger partial charge >= 0.3 is 17.9 Å². The van der Waals surface area contributed by atoms with Crippen LogP contribution in [0, 0.1) is 0 Å². The maximum atomic E-state index is 12.7. The van der Waals surface area contributed by atoms with E-state index in [1.165, 1.54) is 0 Å². The lowest BCUT2D eigenvalue weighted by atomic mass is 10.1. The molecule has 3 aromatic carbocycles. The van der Waals surface area contributed by atoms with Crippen LogP contribution in [-0.2, 0) is 18.9 Å². The summed E-state index contributed by atoms with van der Waals surface area (Å²) in [5, 5.41) is 10.5. The SMILES string of the molecule is O=C(OC[C@H]1O[C@H](O)[C@@H](OC(=O)c2ccccc2)[C@H]1OC(=O)c1ccccc1)c1ccccc1. The average Bonchev–Trinajstić information content (AvgIpc) is 3.17. The van der Waals surface area contributed by atoms with Gasteiger partial charge in [0.1, 0.15) is 12.7 Å². The fourth-order valence-electron chi connectivity index (χ4n) is 3.46. The minimum atomic E-state index is -1.60. The van der Waals surface area contributed by atoms with Gasteiger partial charge in [-0.15, -0.1) is 0 Å². The summed E-state index contributed by atoms with van der Waals surface area (Å²) in [4.78, 5) is 37.6. The number of carbonyl (C=O) groups excluding carboxylic acids is 3. The van der Waals surface area contributed by atoms with Crippen molar-refractivity contribution in [2.75, 3.05) is 6.61 Å². The lowest BCUT2D eigenvalue weighted by molar-refractivity contribution is -0.135. The lowest BCUT2D eigenvalue weighted by Crippen LogP contribution is -2.42. The van der Waals surface area contributed by atoms with Crippen LogP contribution in [0.15, 0.2) is 91.0 Å². The fourth-order valence-corrected chi connectivity index (χ4v) is 3.46. The van der Waals surface area contributed by atoms with E-state index in [0.717, 1.165) is 0 Å². The molecule has 1 heterocycles. The highest BCUT2D eigenvalue weighted by atomic mass is 16.7. The molecule has 4 atom stereocenters. The van der Waals surface area contributed by atoms with E-state index in [2.05, 4.69) is 0 Å². The standard InChI is InChI=1S/C26H22O8/c27-23(17-10-4-1-5-11-17)31-16-20-21(33-24(28)18-12-6-2-7-13-18)22(26(30)32-20)34-25(29)19-14-8-3-9-15-19/h1-15,20-22,26,30H,16H2/t20-,21+,22+,26+/m1/s1. The number of rotatable bonds is 7. The van der Waals surface area contributed by atoms with Crippen LogP contribution in [0.1, 0.15) is 31.1 Å². The van der Waals surface area contributed by atoms with Gasteiger partial charge in [-0.25, -0.2) is 14.4 Å². The van der Waals surface area contributed by atoms with Crippen LogP contribution < -0.4 is 0 Å². The number of esters is 3. The van der Waals surface area contributed by atoms with Crippen molar-refractivity contribution >= 4 is 17.9 Å². The van der Waals surface area contributed by atoms with Crippen molar-refractivity contribution in [3.05, 3.63) is 108 Å². The molecular formula is C26H22O8. The normalized spacial score (nSPS) is 21.4. The van der Waals surface area contributed by atoms with Crippen molar-refractivity contribution in [3.8, 4) is 0 Å². The number of benzene rings is 3. The maximum Gasteiger partial charge on any atom is 0.338 e. The summed E-state index contributed by atoms with van der Waals surface area (Å²) < 4.78 is 21.8. The van der Waals surface area contributed by atoms with Crippen molar-refractivity contribution in [3.63, 3.8) is 0 Å². The fraction of sp³-hybridized carbons (Fsp3) is 0.192. The third-order valence-electron chi connectivity index (χ3n) is 5.18. The van der Waals surface area contributed by atoms with Crippen LogP contribution in [-0.4, -0.2) is 54.2 Å². The van der Waals surface area contributed by atoms with Gasteiger partial charge < -0.3 is 24.1 Å². The van der Waals surface area contributed by atoms with Crippen LogP contribution in [0.3, 0.4) is 0 Å². The van der Waals surface area contributed by atoms with Crippen molar-refractivity contribution in [1.82, 2.24) is 0 Å². The first-order chi connectivity index (χ1) is 16.5. The third kappa shape index (κ3) is 5.48. The van der Waals surface area contributed by atoms with Gasteiger partial charge in [0.05, 0.1) is 16.7 Å². The van der Waals surface area contributed by atoms with E-state index in [9.17, 15) is 19.5 Å². The van der Waals surface area contributed by atoms with E-state index in [-0.39, 0.29) is 17.7 Å². The topological polar surface area (TPSA) is 108 Å². The number of hydrogen-bond donors (Lipinski definition) is 1. The van der Waals surface area contributed by atoms with Crippen LogP contribution in [0.5, 0.6) is 0 Å². The smallest absolute Gasteiger partial charge is 0.338 e. The zero-order valence-corrected chi connectivity index (χ0v) is 18.0. The largest absolute Gasteiger partial charge is 0.459 e. The van der Waals surface area contributed by atoms with Gasteiger partial charge in [0.2, 0.25) is 0 Å². The summed E-state index contributed by atoms with van der Waals surface area (Å²) in [6, 6.07) is 24.7. The van der Waals surface area contributed by atoms with Gasteiger partial charge in [0.15, 0.2) is 18.5 Å². The highest BCUT2D eigenvalue weighted by Crippen LogP contribution is 2.28. The van der Waals surface area contributed by atoms with Crippen LogP contribution in [0.2, 0.25) is 0 Å². The number of carbonyl (C=O) groups is 3. The Morgan fingerprint density at radius 3 is 1.53 bits per heavy atom. The second kappa shape index (κ2) is 10.7. The Kier molecular flexibility index (Phi) is 7.31. The van der Waals surface area contributed by atoms with E-state index in [1.54, 1.807) is 91.0 Å². The minimum absolute atomic E-state index is 0.252. The second-order valence-corrected chi connectivity index (χ2v) is 7.50. The molecule has 8 nitrogen and oxygen atoms in total. The molecule has 1 aliphatic heterocycles. The summed E-state index contributed by atoms with van der Waals surface area (Å²) >= 11 is 0. The van der Waals surface area contributed by atoms with Crippen LogP contribution in [0.4, 0.5) is 0 Å². The molecule has 4 rings (SSSR count). The first-order valence-electron chi connectivity index (χ1n) is 10.6. The maximum absolute atomic E-state index is 12.7. The van der Waals surface area contributed by atoms with Crippen molar-refractivity contribution in [2.45, 2.75) is 24.6 Å². The van der Waals surface area contributed by atoms with E-state index in [1.807, 2.05) is 0 Å². The molecule has 1 fully saturated rings. The molecule has 0 bridgehead atoms. The molecule has 0 aromatic heterocycles. The molecule has 0 radical (unpaired) electrons. The molecule has 1 saturated heterocycles. The molecule has 34 heavy (non-hydrogen) atoms. The number of ether oxygens (including phenoxy) is 4. The van der Waals surface area contributed by atoms with Gasteiger partial charge in [0, 0.05) is 0 Å². The quantitative estimate of drug-likeness (QED) is 0.422. The van der Waals surface area contributed by atoms with Crippen molar-refractivity contribution < 1.29 is 38.4 Å². The van der Waals surface area contributed by atoms with E-state index >= 15 is 0 Å². The Balaban J connectivity index is 1.51. The highest BCUT2D eigenvalue weighted by molar-refractivity contribution is 5.90. The molecule has 3 aromatic rings. The molecule has 174 valence electrons. The first kappa shape index (κ1) is 23.2. The van der Waals surface area contributed by atoms with Gasteiger partial charge in [-0.05, 0) is 36.4 Å². The molecule has 0 amide bonds. The molecule has 8 heteroatoms. The molecular weight excluding hydrogens is 440 g/mol. The monoisotopic (exact) mass is 462 g/mol. The summed E-state index contributed by atoms with van der Waals surface area (Å²) in [6.45, 7) is -0.336. The van der Waals surface area contributed by atoms with Crippen LogP contribution in [0.25, 0.3) is 0 Å².